The normalized spacial score (nSPS) is 16.4. The summed E-state index contributed by atoms with van der Waals surface area (Å²) in [5.74, 6) is 0.115. The number of carbonyl (C=O) groups excluding carboxylic acids is 1. The molecule has 0 unspecified atom stereocenters. The number of aromatic hydroxyl groups is 1. The van der Waals surface area contributed by atoms with E-state index in [9.17, 15) is 9.90 Å². The van der Waals surface area contributed by atoms with E-state index in [1.165, 1.54) is 32.4 Å². The number of hydrogen-bond acceptors (Lipinski definition) is 3. The summed E-state index contributed by atoms with van der Waals surface area (Å²) >= 11 is 0. The van der Waals surface area contributed by atoms with Crippen LogP contribution in [0.2, 0.25) is 0 Å². The van der Waals surface area contributed by atoms with Gasteiger partial charge in [0.15, 0.2) is 0 Å². The van der Waals surface area contributed by atoms with E-state index < -0.39 is 0 Å². The van der Waals surface area contributed by atoms with Crippen molar-refractivity contribution in [1.29, 1.82) is 0 Å². The first-order valence-corrected chi connectivity index (χ1v) is 6.54. The van der Waals surface area contributed by atoms with E-state index in [1.54, 1.807) is 6.07 Å². The van der Waals surface area contributed by atoms with E-state index in [1.807, 2.05) is 12.1 Å². The summed E-state index contributed by atoms with van der Waals surface area (Å²) in [6.45, 7) is 3.43. The fraction of sp³-hybridized carbons (Fsp3) is 0.500. The van der Waals surface area contributed by atoms with Gasteiger partial charge in [0.05, 0.1) is 5.69 Å². The first-order chi connectivity index (χ1) is 8.79. The van der Waals surface area contributed by atoms with Gasteiger partial charge >= 0.3 is 0 Å². The molecule has 18 heavy (non-hydrogen) atoms. The van der Waals surface area contributed by atoms with Crippen molar-refractivity contribution in [3.63, 3.8) is 0 Å². The van der Waals surface area contributed by atoms with Crippen molar-refractivity contribution in [2.45, 2.75) is 25.7 Å². The number of hydrogen-bond donors (Lipinski definition) is 2. The lowest BCUT2D eigenvalue weighted by Crippen LogP contribution is -2.31. The van der Waals surface area contributed by atoms with Crippen molar-refractivity contribution in [2.24, 2.45) is 0 Å². The molecule has 4 heteroatoms. The Balaban J connectivity index is 1.92. The van der Waals surface area contributed by atoms with Gasteiger partial charge in [0.25, 0.3) is 0 Å². The van der Waals surface area contributed by atoms with E-state index in [0.717, 1.165) is 18.5 Å². The van der Waals surface area contributed by atoms with Gasteiger partial charge in [0.2, 0.25) is 6.41 Å². The zero-order chi connectivity index (χ0) is 12.8. The van der Waals surface area contributed by atoms with Gasteiger partial charge in [-0.25, -0.2) is 0 Å². The lowest BCUT2D eigenvalue weighted by atomic mass is 10.1. The van der Waals surface area contributed by atoms with E-state index in [4.69, 9.17) is 0 Å². The Morgan fingerprint density at radius 3 is 2.78 bits per heavy atom. The molecule has 1 fully saturated rings. The van der Waals surface area contributed by atoms with Gasteiger partial charge in [-0.05, 0) is 50.0 Å². The molecule has 0 aromatic heterocycles. The molecule has 2 N–H and O–H groups in total. The van der Waals surface area contributed by atoms with Crippen molar-refractivity contribution < 1.29 is 9.90 Å². The molecule has 1 aromatic rings. The Morgan fingerprint density at radius 1 is 1.28 bits per heavy atom. The lowest BCUT2D eigenvalue weighted by molar-refractivity contribution is -0.105. The second kappa shape index (κ2) is 6.40. The molecule has 1 aliphatic rings. The largest absolute Gasteiger partial charge is 0.506 e. The molecule has 0 bridgehead atoms. The van der Waals surface area contributed by atoms with Gasteiger partial charge in [-0.2, -0.15) is 0 Å². The fourth-order valence-electron chi connectivity index (χ4n) is 2.39. The van der Waals surface area contributed by atoms with Crippen molar-refractivity contribution >= 4 is 12.1 Å². The number of amides is 1. The van der Waals surface area contributed by atoms with E-state index >= 15 is 0 Å². The van der Waals surface area contributed by atoms with Crippen molar-refractivity contribution in [2.75, 3.05) is 25.0 Å². The maximum absolute atomic E-state index is 10.4. The molecule has 0 atom stereocenters. The number of rotatable bonds is 5. The van der Waals surface area contributed by atoms with Crippen LogP contribution in [0.25, 0.3) is 0 Å². The Bertz CT molecular complexity index is 401. The van der Waals surface area contributed by atoms with Crippen LogP contribution in [0.4, 0.5) is 5.69 Å². The maximum Gasteiger partial charge on any atom is 0.211 e. The Labute approximate surface area is 108 Å². The van der Waals surface area contributed by atoms with Crippen LogP contribution in [0, 0.1) is 0 Å². The standard InChI is InChI=1S/C14H20N2O2/c17-11-15-13-10-12(4-5-14(13)18)6-9-16-7-2-1-3-8-16/h4-5,10-11,18H,1-3,6-9H2,(H,15,17). The molecule has 0 saturated carbocycles. The highest BCUT2D eigenvalue weighted by molar-refractivity contribution is 5.75. The molecule has 4 nitrogen and oxygen atoms in total. The number of nitrogens with zero attached hydrogens (tertiary/aromatic N) is 1. The molecular weight excluding hydrogens is 228 g/mol. The molecule has 1 aliphatic heterocycles. The summed E-state index contributed by atoms with van der Waals surface area (Å²) in [6.07, 6.45) is 5.49. The molecule has 1 aromatic carbocycles. The van der Waals surface area contributed by atoms with E-state index in [0.29, 0.717) is 12.1 Å². The Hall–Kier alpha value is -1.55. The van der Waals surface area contributed by atoms with Crippen molar-refractivity contribution in [3.8, 4) is 5.75 Å². The molecular formula is C14H20N2O2. The fourth-order valence-corrected chi connectivity index (χ4v) is 2.39. The summed E-state index contributed by atoms with van der Waals surface area (Å²) in [7, 11) is 0. The quantitative estimate of drug-likeness (QED) is 0.619. The summed E-state index contributed by atoms with van der Waals surface area (Å²) < 4.78 is 0. The minimum atomic E-state index is 0.115. The van der Waals surface area contributed by atoms with Crippen LogP contribution in [0.15, 0.2) is 18.2 Å². The van der Waals surface area contributed by atoms with Crippen molar-refractivity contribution in [3.05, 3.63) is 23.8 Å². The summed E-state index contributed by atoms with van der Waals surface area (Å²) in [6, 6.07) is 5.39. The number of piperidine rings is 1. The smallest absolute Gasteiger partial charge is 0.211 e. The SMILES string of the molecule is O=CNc1cc(CCN2CCCCC2)ccc1O. The summed E-state index contributed by atoms with van der Waals surface area (Å²) in [5, 5.41) is 12.1. The van der Waals surface area contributed by atoms with Crippen LogP contribution in [0.1, 0.15) is 24.8 Å². The third-order valence-corrected chi connectivity index (χ3v) is 3.44. The monoisotopic (exact) mass is 248 g/mol. The van der Waals surface area contributed by atoms with Gasteiger partial charge in [-0.3, -0.25) is 4.79 Å². The minimum Gasteiger partial charge on any atom is -0.506 e. The number of likely N-dealkylation sites (tertiary alicyclic amines) is 1. The zero-order valence-corrected chi connectivity index (χ0v) is 10.6. The number of nitrogens with one attached hydrogen (secondary N) is 1. The highest BCUT2D eigenvalue weighted by Crippen LogP contribution is 2.24. The number of phenols is 1. The second-order valence-electron chi connectivity index (χ2n) is 4.77. The van der Waals surface area contributed by atoms with Gasteiger partial charge < -0.3 is 15.3 Å². The van der Waals surface area contributed by atoms with Crippen molar-refractivity contribution in [1.82, 2.24) is 4.90 Å². The predicted molar refractivity (Wildman–Crippen MR) is 71.8 cm³/mol. The first kappa shape index (κ1) is 12.9. The lowest BCUT2D eigenvalue weighted by Gasteiger charge is -2.26. The summed E-state index contributed by atoms with van der Waals surface area (Å²) in [5.41, 5.74) is 1.63. The molecule has 0 radical (unpaired) electrons. The third-order valence-electron chi connectivity index (χ3n) is 3.44. The number of carbonyl (C=O) groups is 1. The topological polar surface area (TPSA) is 52.6 Å². The van der Waals surface area contributed by atoms with Crippen LogP contribution >= 0.6 is 0 Å². The average Bonchev–Trinajstić information content (AvgIpc) is 2.41. The summed E-state index contributed by atoms with van der Waals surface area (Å²) in [4.78, 5) is 12.9. The molecule has 1 heterocycles. The third kappa shape index (κ3) is 3.47. The predicted octanol–water partition coefficient (Wildman–Crippen LogP) is 1.99. The zero-order valence-electron chi connectivity index (χ0n) is 10.6. The van der Waals surface area contributed by atoms with Crippen LogP contribution in [-0.4, -0.2) is 36.1 Å². The Morgan fingerprint density at radius 2 is 2.06 bits per heavy atom. The second-order valence-corrected chi connectivity index (χ2v) is 4.77. The number of phenolic OH excluding ortho intramolecular Hbond substituents is 1. The molecule has 1 saturated heterocycles. The molecule has 0 spiro atoms. The maximum atomic E-state index is 10.4. The highest BCUT2D eigenvalue weighted by atomic mass is 16.3. The van der Waals surface area contributed by atoms with E-state index in [-0.39, 0.29) is 5.75 Å². The van der Waals surface area contributed by atoms with Gasteiger partial charge in [-0.1, -0.05) is 12.5 Å². The van der Waals surface area contributed by atoms with Crippen LogP contribution < -0.4 is 5.32 Å². The first-order valence-electron chi connectivity index (χ1n) is 6.54. The van der Waals surface area contributed by atoms with Gasteiger partial charge in [0.1, 0.15) is 5.75 Å². The van der Waals surface area contributed by atoms with Crippen LogP contribution in [0.5, 0.6) is 5.75 Å². The molecule has 2 rings (SSSR count). The van der Waals surface area contributed by atoms with Gasteiger partial charge in [-0.15, -0.1) is 0 Å². The Kier molecular flexibility index (Phi) is 4.59. The number of benzene rings is 1. The number of anilines is 1. The van der Waals surface area contributed by atoms with Gasteiger partial charge in [0, 0.05) is 6.54 Å². The average molecular weight is 248 g/mol. The van der Waals surface area contributed by atoms with Crippen LogP contribution in [-0.2, 0) is 11.2 Å². The molecule has 1 amide bonds. The molecule has 0 aliphatic carbocycles. The molecule has 98 valence electrons. The van der Waals surface area contributed by atoms with Crippen LogP contribution in [0.3, 0.4) is 0 Å². The minimum absolute atomic E-state index is 0.115. The van der Waals surface area contributed by atoms with E-state index in [2.05, 4.69) is 10.2 Å². The highest BCUT2D eigenvalue weighted by Gasteiger charge is 2.10.